The molecule has 0 heterocycles. The Kier molecular flexibility index (Phi) is 5.76. The van der Waals surface area contributed by atoms with Crippen molar-refractivity contribution in [3.8, 4) is 0 Å². The molecule has 0 fully saturated rings. The number of nitrogens with zero attached hydrogens (tertiary/aromatic N) is 2. The summed E-state index contributed by atoms with van der Waals surface area (Å²) in [6.07, 6.45) is 0. The van der Waals surface area contributed by atoms with E-state index in [1.807, 2.05) is 36.6 Å². The summed E-state index contributed by atoms with van der Waals surface area (Å²) >= 11 is -0.994. The predicted molar refractivity (Wildman–Crippen MR) is 58.5 cm³/mol. The van der Waals surface area contributed by atoms with E-state index in [1.165, 1.54) is 0 Å². The molecule has 1 atom stereocenters. The zero-order chi connectivity index (χ0) is 10.6. The van der Waals surface area contributed by atoms with E-state index in [4.69, 9.17) is 0 Å². The first-order chi connectivity index (χ1) is 5.86. The Bertz CT molecular complexity index is 171. The average Bonchev–Trinajstić information content (AvgIpc) is 2.00. The van der Waals surface area contributed by atoms with Crippen LogP contribution in [0.4, 0.5) is 0 Å². The molecule has 0 aromatic heterocycles. The summed E-state index contributed by atoms with van der Waals surface area (Å²) in [6.45, 7) is 9.21. The van der Waals surface area contributed by atoms with Gasteiger partial charge >= 0.3 is 0 Å². The topological polar surface area (TPSA) is 23.6 Å². The Morgan fingerprint density at radius 1 is 1.15 bits per heavy atom. The largest absolute Gasteiger partial charge is 0.225 e. The highest BCUT2D eigenvalue weighted by Gasteiger charge is 2.16. The van der Waals surface area contributed by atoms with Crippen LogP contribution >= 0.6 is 0 Å². The minimum absolute atomic E-state index is 0.315. The molecule has 13 heavy (non-hydrogen) atoms. The first kappa shape index (κ1) is 13.1. The van der Waals surface area contributed by atoms with Crippen LogP contribution in [0.3, 0.4) is 0 Å². The SMILES string of the molecule is CC(C)CN(C)S(=O)N(C)C(C)C. The predicted octanol–water partition coefficient (Wildman–Crippen LogP) is 1.49. The highest BCUT2D eigenvalue weighted by atomic mass is 32.2. The van der Waals surface area contributed by atoms with Gasteiger partial charge in [0, 0.05) is 26.7 Å². The van der Waals surface area contributed by atoms with Crippen molar-refractivity contribution in [3.63, 3.8) is 0 Å². The summed E-state index contributed by atoms with van der Waals surface area (Å²) in [5, 5.41) is 0. The molecule has 80 valence electrons. The lowest BCUT2D eigenvalue weighted by atomic mass is 10.2. The van der Waals surface area contributed by atoms with E-state index >= 15 is 0 Å². The Balaban J connectivity index is 4.09. The molecule has 0 spiro atoms. The summed E-state index contributed by atoms with van der Waals surface area (Å²) in [4.78, 5) is 0. The molecule has 0 rings (SSSR count). The number of rotatable bonds is 5. The molecule has 0 radical (unpaired) electrons. The van der Waals surface area contributed by atoms with Gasteiger partial charge in [-0.15, -0.1) is 0 Å². The van der Waals surface area contributed by atoms with Gasteiger partial charge in [0.1, 0.15) is 0 Å². The van der Waals surface area contributed by atoms with E-state index < -0.39 is 11.2 Å². The molecule has 4 heteroatoms. The van der Waals surface area contributed by atoms with Gasteiger partial charge in [-0.25, -0.2) is 12.8 Å². The first-order valence-corrected chi connectivity index (χ1v) is 5.78. The second-order valence-electron chi connectivity index (χ2n) is 4.07. The normalized spacial score (nSPS) is 14.9. The summed E-state index contributed by atoms with van der Waals surface area (Å²) in [6, 6.07) is 0.315. The molecule has 0 amide bonds. The van der Waals surface area contributed by atoms with Gasteiger partial charge in [0.05, 0.1) is 0 Å². The fraction of sp³-hybridized carbons (Fsp3) is 1.00. The molecule has 0 N–H and O–H groups in total. The van der Waals surface area contributed by atoms with Gasteiger partial charge in [-0.3, -0.25) is 0 Å². The third-order valence-electron chi connectivity index (χ3n) is 1.86. The lowest BCUT2D eigenvalue weighted by Crippen LogP contribution is -2.39. The minimum atomic E-state index is -0.994. The van der Waals surface area contributed by atoms with Crippen LogP contribution in [0.15, 0.2) is 0 Å². The highest BCUT2D eigenvalue weighted by Crippen LogP contribution is 2.05. The first-order valence-electron chi connectivity index (χ1n) is 4.72. The van der Waals surface area contributed by atoms with Crippen molar-refractivity contribution in [2.45, 2.75) is 33.7 Å². The molecular formula is C9H22N2OS. The zero-order valence-electron chi connectivity index (χ0n) is 9.57. The standard InChI is InChI=1S/C9H22N2OS/c1-8(2)7-10(5)13(12)11(6)9(3)4/h8-9H,7H2,1-6H3. The van der Waals surface area contributed by atoms with E-state index in [0.717, 1.165) is 6.54 Å². The second kappa shape index (κ2) is 5.73. The van der Waals surface area contributed by atoms with Crippen LogP contribution < -0.4 is 0 Å². The van der Waals surface area contributed by atoms with E-state index in [9.17, 15) is 4.21 Å². The van der Waals surface area contributed by atoms with Gasteiger partial charge in [0.15, 0.2) is 11.2 Å². The number of hydrogen-bond donors (Lipinski definition) is 0. The Labute approximate surface area is 84.8 Å². The van der Waals surface area contributed by atoms with Crippen molar-refractivity contribution in [2.75, 3.05) is 20.6 Å². The average molecular weight is 206 g/mol. The quantitative estimate of drug-likeness (QED) is 0.668. The van der Waals surface area contributed by atoms with Crippen molar-refractivity contribution in [2.24, 2.45) is 5.92 Å². The van der Waals surface area contributed by atoms with Crippen molar-refractivity contribution < 1.29 is 4.21 Å². The van der Waals surface area contributed by atoms with Crippen molar-refractivity contribution in [3.05, 3.63) is 0 Å². The van der Waals surface area contributed by atoms with Crippen LogP contribution in [0, 0.1) is 5.92 Å². The fourth-order valence-electron chi connectivity index (χ4n) is 0.978. The van der Waals surface area contributed by atoms with Crippen LogP contribution in [0.1, 0.15) is 27.7 Å². The molecule has 1 unspecified atom stereocenters. The molecule has 0 saturated heterocycles. The molecule has 0 bridgehead atoms. The maximum absolute atomic E-state index is 11.8. The van der Waals surface area contributed by atoms with Gasteiger partial charge < -0.3 is 0 Å². The minimum Gasteiger partial charge on any atom is -0.225 e. The van der Waals surface area contributed by atoms with Crippen molar-refractivity contribution in [1.82, 2.24) is 8.61 Å². The van der Waals surface area contributed by atoms with E-state index in [0.29, 0.717) is 12.0 Å². The summed E-state index contributed by atoms with van der Waals surface area (Å²) in [5.41, 5.74) is 0. The van der Waals surface area contributed by atoms with Gasteiger partial charge in [-0.1, -0.05) is 13.8 Å². The molecule has 0 saturated carbocycles. The van der Waals surface area contributed by atoms with E-state index in [2.05, 4.69) is 13.8 Å². The second-order valence-corrected chi connectivity index (χ2v) is 5.74. The van der Waals surface area contributed by atoms with Gasteiger partial charge in [0.2, 0.25) is 0 Å². The molecule has 3 nitrogen and oxygen atoms in total. The Morgan fingerprint density at radius 2 is 1.62 bits per heavy atom. The monoisotopic (exact) mass is 206 g/mol. The van der Waals surface area contributed by atoms with Crippen molar-refractivity contribution in [1.29, 1.82) is 0 Å². The Morgan fingerprint density at radius 3 is 1.92 bits per heavy atom. The third kappa shape index (κ3) is 4.74. The van der Waals surface area contributed by atoms with Crippen molar-refractivity contribution >= 4 is 11.2 Å². The smallest absolute Gasteiger partial charge is 0.172 e. The van der Waals surface area contributed by atoms with E-state index in [1.54, 1.807) is 0 Å². The van der Waals surface area contributed by atoms with Crippen LogP contribution in [0.25, 0.3) is 0 Å². The molecule has 0 aromatic carbocycles. The maximum Gasteiger partial charge on any atom is 0.172 e. The van der Waals surface area contributed by atoms with Gasteiger partial charge in [0.25, 0.3) is 0 Å². The highest BCUT2D eigenvalue weighted by molar-refractivity contribution is 7.80. The fourth-order valence-corrected chi connectivity index (χ4v) is 2.20. The summed E-state index contributed by atoms with van der Waals surface area (Å²) < 4.78 is 15.5. The summed E-state index contributed by atoms with van der Waals surface area (Å²) in [5.74, 6) is 0.550. The van der Waals surface area contributed by atoms with Crippen LogP contribution in [0.2, 0.25) is 0 Å². The van der Waals surface area contributed by atoms with E-state index in [-0.39, 0.29) is 0 Å². The van der Waals surface area contributed by atoms with Gasteiger partial charge in [-0.05, 0) is 19.8 Å². The van der Waals surface area contributed by atoms with Crippen LogP contribution in [0.5, 0.6) is 0 Å². The molecular weight excluding hydrogens is 184 g/mol. The lowest BCUT2D eigenvalue weighted by Gasteiger charge is -2.26. The summed E-state index contributed by atoms with van der Waals surface area (Å²) in [7, 11) is 3.78. The molecule has 0 aliphatic heterocycles. The zero-order valence-corrected chi connectivity index (χ0v) is 10.4. The van der Waals surface area contributed by atoms with Gasteiger partial charge in [-0.2, -0.15) is 0 Å². The Hall–Kier alpha value is 0.0700. The molecule has 0 aliphatic carbocycles. The van der Waals surface area contributed by atoms with Crippen LogP contribution in [-0.2, 0) is 11.2 Å². The number of hydrogen-bond acceptors (Lipinski definition) is 1. The maximum atomic E-state index is 11.8. The van der Waals surface area contributed by atoms with Crippen LogP contribution in [-0.4, -0.2) is 39.5 Å². The lowest BCUT2D eigenvalue weighted by molar-refractivity contribution is 0.378. The third-order valence-corrected chi connectivity index (χ3v) is 3.46. The molecule has 0 aliphatic rings. The molecule has 0 aromatic rings.